The Morgan fingerprint density at radius 3 is 2.53 bits per heavy atom. The molecule has 2 rings (SSSR count). The summed E-state index contributed by atoms with van der Waals surface area (Å²) in [6.45, 7) is 2.69. The Labute approximate surface area is 114 Å². The molecule has 104 valence electrons. The number of likely N-dealkylation sites (tertiary alicyclic amines) is 1. The maximum Gasteiger partial charge on any atom is 0.251 e. The molecular formula is C15H22N2O2. The molecule has 0 unspecified atom stereocenters. The number of piperidine rings is 1. The van der Waals surface area contributed by atoms with Crippen LogP contribution >= 0.6 is 0 Å². The molecule has 19 heavy (non-hydrogen) atoms. The second kappa shape index (κ2) is 6.68. The SMILES string of the molecule is COCc1ccc(C(=O)NC2CCN(C)CC2)cc1. The van der Waals surface area contributed by atoms with Crippen molar-refractivity contribution in [2.24, 2.45) is 0 Å². The number of carbonyl (C=O) groups is 1. The van der Waals surface area contributed by atoms with Gasteiger partial charge < -0.3 is 15.0 Å². The van der Waals surface area contributed by atoms with Gasteiger partial charge in [0.2, 0.25) is 0 Å². The number of hydrogen-bond acceptors (Lipinski definition) is 3. The first kappa shape index (κ1) is 14.0. The van der Waals surface area contributed by atoms with Crippen LogP contribution in [-0.2, 0) is 11.3 Å². The van der Waals surface area contributed by atoms with Gasteiger partial charge in [0.1, 0.15) is 0 Å². The summed E-state index contributed by atoms with van der Waals surface area (Å²) in [5, 5.41) is 3.11. The molecule has 0 atom stereocenters. The molecule has 1 N–H and O–H groups in total. The predicted octanol–water partition coefficient (Wildman–Crippen LogP) is 1.66. The molecule has 1 aliphatic heterocycles. The molecule has 1 heterocycles. The number of benzene rings is 1. The lowest BCUT2D eigenvalue weighted by atomic mass is 10.0. The molecule has 4 heteroatoms. The molecule has 1 aromatic carbocycles. The average Bonchev–Trinajstić information content (AvgIpc) is 2.42. The van der Waals surface area contributed by atoms with Crippen LogP contribution < -0.4 is 5.32 Å². The first-order valence-corrected chi connectivity index (χ1v) is 6.76. The second-order valence-corrected chi connectivity index (χ2v) is 5.18. The molecule has 1 saturated heterocycles. The van der Waals surface area contributed by atoms with E-state index in [1.807, 2.05) is 24.3 Å². The zero-order valence-electron chi connectivity index (χ0n) is 11.7. The Kier molecular flexibility index (Phi) is 4.93. The predicted molar refractivity (Wildman–Crippen MR) is 75.1 cm³/mol. The number of nitrogens with zero attached hydrogens (tertiary/aromatic N) is 1. The number of rotatable bonds is 4. The summed E-state index contributed by atoms with van der Waals surface area (Å²) in [4.78, 5) is 14.4. The average molecular weight is 262 g/mol. The van der Waals surface area contributed by atoms with Crippen molar-refractivity contribution in [2.45, 2.75) is 25.5 Å². The summed E-state index contributed by atoms with van der Waals surface area (Å²) < 4.78 is 5.05. The van der Waals surface area contributed by atoms with Crippen molar-refractivity contribution in [3.05, 3.63) is 35.4 Å². The van der Waals surface area contributed by atoms with E-state index in [0.717, 1.165) is 37.1 Å². The minimum Gasteiger partial charge on any atom is -0.380 e. The fraction of sp³-hybridized carbons (Fsp3) is 0.533. The van der Waals surface area contributed by atoms with Crippen LogP contribution in [0, 0.1) is 0 Å². The molecule has 1 aliphatic rings. The molecule has 4 nitrogen and oxygen atoms in total. The first-order valence-electron chi connectivity index (χ1n) is 6.76. The number of hydrogen-bond donors (Lipinski definition) is 1. The molecule has 1 amide bonds. The lowest BCUT2D eigenvalue weighted by molar-refractivity contribution is 0.0917. The molecular weight excluding hydrogens is 240 g/mol. The van der Waals surface area contributed by atoms with Crippen LogP contribution in [0.3, 0.4) is 0 Å². The quantitative estimate of drug-likeness (QED) is 0.897. The topological polar surface area (TPSA) is 41.6 Å². The summed E-state index contributed by atoms with van der Waals surface area (Å²) in [7, 11) is 3.79. The lowest BCUT2D eigenvalue weighted by Gasteiger charge is -2.29. The smallest absolute Gasteiger partial charge is 0.251 e. The van der Waals surface area contributed by atoms with Gasteiger partial charge in [-0.15, -0.1) is 0 Å². The summed E-state index contributed by atoms with van der Waals surface area (Å²) in [6, 6.07) is 7.90. The van der Waals surface area contributed by atoms with E-state index in [1.54, 1.807) is 7.11 Å². The maximum absolute atomic E-state index is 12.1. The molecule has 1 fully saturated rings. The van der Waals surface area contributed by atoms with Crippen molar-refractivity contribution in [1.29, 1.82) is 0 Å². The van der Waals surface area contributed by atoms with E-state index in [4.69, 9.17) is 4.74 Å². The standard InChI is InChI=1S/C15H22N2O2/c1-17-9-7-14(8-10-17)16-15(18)13-5-3-12(4-6-13)11-19-2/h3-6,14H,7-11H2,1-2H3,(H,16,18). The first-order chi connectivity index (χ1) is 9.19. The number of nitrogens with one attached hydrogen (secondary N) is 1. The van der Waals surface area contributed by atoms with Crippen molar-refractivity contribution in [3.63, 3.8) is 0 Å². The van der Waals surface area contributed by atoms with Gasteiger partial charge in [-0.3, -0.25) is 4.79 Å². The lowest BCUT2D eigenvalue weighted by Crippen LogP contribution is -2.43. The van der Waals surface area contributed by atoms with E-state index in [1.165, 1.54) is 0 Å². The largest absolute Gasteiger partial charge is 0.380 e. The molecule has 0 bridgehead atoms. The third kappa shape index (κ3) is 4.04. The van der Waals surface area contributed by atoms with Gasteiger partial charge in [-0.2, -0.15) is 0 Å². The van der Waals surface area contributed by atoms with Crippen LogP contribution in [0.2, 0.25) is 0 Å². The number of carbonyl (C=O) groups excluding carboxylic acids is 1. The normalized spacial score (nSPS) is 17.4. The van der Waals surface area contributed by atoms with Crippen LogP contribution in [0.15, 0.2) is 24.3 Å². The van der Waals surface area contributed by atoms with Crippen molar-refractivity contribution < 1.29 is 9.53 Å². The Balaban J connectivity index is 1.88. The van der Waals surface area contributed by atoms with E-state index >= 15 is 0 Å². The van der Waals surface area contributed by atoms with Gasteiger partial charge in [-0.05, 0) is 50.7 Å². The van der Waals surface area contributed by atoms with E-state index < -0.39 is 0 Å². The van der Waals surface area contributed by atoms with Crippen LogP contribution in [0.1, 0.15) is 28.8 Å². The van der Waals surface area contributed by atoms with E-state index in [-0.39, 0.29) is 5.91 Å². The molecule has 0 spiro atoms. The molecule has 0 aromatic heterocycles. The fourth-order valence-corrected chi connectivity index (χ4v) is 2.34. The van der Waals surface area contributed by atoms with Crippen molar-refractivity contribution in [2.75, 3.05) is 27.2 Å². The maximum atomic E-state index is 12.1. The van der Waals surface area contributed by atoms with Gasteiger partial charge in [0.05, 0.1) is 6.61 Å². The molecule has 0 radical (unpaired) electrons. The highest BCUT2D eigenvalue weighted by Gasteiger charge is 2.18. The minimum absolute atomic E-state index is 0.0264. The monoisotopic (exact) mass is 262 g/mol. The van der Waals surface area contributed by atoms with Gasteiger partial charge in [0.15, 0.2) is 0 Å². The van der Waals surface area contributed by atoms with Crippen LogP contribution in [0.4, 0.5) is 0 Å². The second-order valence-electron chi connectivity index (χ2n) is 5.18. The Morgan fingerprint density at radius 1 is 1.32 bits per heavy atom. The van der Waals surface area contributed by atoms with Crippen LogP contribution in [0.25, 0.3) is 0 Å². The third-order valence-corrected chi connectivity index (χ3v) is 3.58. The Bertz CT molecular complexity index is 409. The van der Waals surface area contributed by atoms with Gasteiger partial charge in [-0.1, -0.05) is 12.1 Å². The van der Waals surface area contributed by atoms with Crippen molar-refractivity contribution >= 4 is 5.91 Å². The number of ether oxygens (including phenoxy) is 1. The number of methoxy groups -OCH3 is 1. The highest BCUT2D eigenvalue weighted by atomic mass is 16.5. The van der Waals surface area contributed by atoms with Gasteiger partial charge in [0.25, 0.3) is 5.91 Å². The van der Waals surface area contributed by atoms with E-state index in [0.29, 0.717) is 12.6 Å². The van der Waals surface area contributed by atoms with Gasteiger partial charge in [-0.25, -0.2) is 0 Å². The Morgan fingerprint density at radius 2 is 1.95 bits per heavy atom. The van der Waals surface area contributed by atoms with E-state index in [9.17, 15) is 4.79 Å². The molecule has 0 aliphatic carbocycles. The summed E-state index contributed by atoms with van der Waals surface area (Å²) >= 11 is 0. The minimum atomic E-state index is 0.0264. The van der Waals surface area contributed by atoms with E-state index in [2.05, 4.69) is 17.3 Å². The fourth-order valence-electron chi connectivity index (χ4n) is 2.34. The summed E-state index contributed by atoms with van der Waals surface area (Å²) in [5.74, 6) is 0.0264. The number of amides is 1. The summed E-state index contributed by atoms with van der Waals surface area (Å²) in [5.41, 5.74) is 1.80. The summed E-state index contributed by atoms with van der Waals surface area (Å²) in [6.07, 6.45) is 2.06. The highest BCUT2D eigenvalue weighted by molar-refractivity contribution is 5.94. The van der Waals surface area contributed by atoms with Gasteiger partial charge in [0, 0.05) is 18.7 Å². The van der Waals surface area contributed by atoms with Crippen molar-refractivity contribution in [1.82, 2.24) is 10.2 Å². The van der Waals surface area contributed by atoms with Crippen LogP contribution in [-0.4, -0.2) is 44.1 Å². The molecule has 0 saturated carbocycles. The van der Waals surface area contributed by atoms with Gasteiger partial charge >= 0.3 is 0 Å². The van der Waals surface area contributed by atoms with Crippen LogP contribution in [0.5, 0.6) is 0 Å². The third-order valence-electron chi connectivity index (χ3n) is 3.58. The Hall–Kier alpha value is -1.39. The zero-order valence-corrected chi connectivity index (χ0v) is 11.7. The zero-order chi connectivity index (χ0) is 13.7. The highest BCUT2D eigenvalue weighted by Crippen LogP contribution is 2.10. The van der Waals surface area contributed by atoms with Crippen molar-refractivity contribution in [3.8, 4) is 0 Å². The molecule has 1 aromatic rings.